The van der Waals surface area contributed by atoms with Crippen molar-refractivity contribution in [3.8, 4) is 0 Å². The molecule has 0 radical (unpaired) electrons. The molecule has 0 aromatic carbocycles. The molecule has 0 saturated heterocycles. The van der Waals surface area contributed by atoms with Crippen LogP contribution in [0.1, 0.15) is 97.8 Å². The Labute approximate surface area is 121 Å². The molecule has 1 atom stereocenters. The van der Waals surface area contributed by atoms with Crippen LogP contribution < -0.4 is 0 Å². The first kappa shape index (κ1) is 15.4. The third-order valence-corrected chi connectivity index (χ3v) is 6.67. The van der Waals surface area contributed by atoms with Crippen LogP contribution in [0.4, 0.5) is 0 Å². The van der Waals surface area contributed by atoms with Gasteiger partial charge in [-0.3, -0.25) is 0 Å². The molecule has 1 unspecified atom stereocenters. The second kappa shape index (κ2) is 7.14. The van der Waals surface area contributed by atoms with E-state index in [-0.39, 0.29) is 0 Å². The lowest BCUT2D eigenvalue weighted by molar-refractivity contribution is 0.0599. The van der Waals surface area contributed by atoms with Crippen molar-refractivity contribution in [2.45, 2.75) is 97.8 Å². The van der Waals surface area contributed by atoms with Crippen molar-refractivity contribution in [3.63, 3.8) is 0 Å². The molecule has 0 aromatic heterocycles. The fourth-order valence-corrected chi connectivity index (χ4v) is 4.72. The van der Waals surface area contributed by atoms with Crippen LogP contribution >= 0.6 is 0 Å². The molecule has 0 nitrogen and oxygen atoms in total. The van der Waals surface area contributed by atoms with Crippen LogP contribution in [0.15, 0.2) is 0 Å². The van der Waals surface area contributed by atoms with Crippen molar-refractivity contribution in [1.29, 1.82) is 0 Å². The van der Waals surface area contributed by atoms with Gasteiger partial charge in [0.05, 0.1) is 0 Å². The maximum atomic E-state index is 2.62. The molecule has 0 N–H and O–H groups in total. The summed E-state index contributed by atoms with van der Waals surface area (Å²) in [5.41, 5.74) is 0.623. The van der Waals surface area contributed by atoms with Crippen molar-refractivity contribution in [2.75, 3.05) is 0 Å². The van der Waals surface area contributed by atoms with Gasteiger partial charge in [-0.1, -0.05) is 72.1 Å². The Bertz CT molecular complexity index is 243. The monoisotopic (exact) mass is 264 g/mol. The predicted molar refractivity (Wildman–Crippen MR) is 85.3 cm³/mol. The van der Waals surface area contributed by atoms with E-state index in [0.717, 1.165) is 17.8 Å². The molecule has 2 aliphatic rings. The summed E-state index contributed by atoms with van der Waals surface area (Å²) in [5.74, 6) is 2.94. The van der Waals surface area contributed by atoms with Gasteiger partial charge in [0.2, 0.25) is 0 Å². The summed E-state index contributed by atoms with van der Waals surface area (Å²) in [6.45, 7) is 7.58. The topological polar surface area (TPSA) is 0 Å². The standard InChI is InChI=1S/C19H36/c1-16(2)19(3,18-12-8-5-9-13-18)15-14-17-10-6-4-7-11-17/h16-18H,4-15H2,1-3H3. The first-order valence-corrected chi connectivity index (χ1v) is 9.13. The Morgan fingerprint density at radius 2 is 1.37 bits per heavy atom. The summed E-state index contributed by atoms with van der Waals surface area (Å²) < 4.78 is 0. The third-order valence-electron chi connectivity index (χ3n) is 6.67. The molecule has 112 valence electrons. The minimum absolute atomic E-state index is 0.623. The molecule has 19 heavy (non-hydrogen) atoms. The Balaban J connectivity index is 1.89. The summed E-state index contributed by atoms with van der Waals surface area (Å²) in [4.78, 5) is 0. The van der Waals surface area contributed by atoms with Crippen LogP contribution in [0, 0.1) is 23.2 Å². The summed E-state index contributed by atoms with van der Waals surface area (Å²) >= 11 is 0. The normalized spacial score (nSPS) is 26.5. The van der Waals surface area contributed by atoms with Crippen molar-refractivity contribution >= 4 is 0 Å². The molecular weight excluding hydrogens is 228 g/mol. The lowest BCUT2D eigenvalue weighted by Crippen LogP contribution is -2.35. The first-order valence-electron chi connectivity index (χ1n) is 9.13. The van der Waals surface area contributed by atoms with E-state index in [1.807, 2.05) is 0 Å². The second-order valence-electron chi connectivity index (χ2n) is 8.04. The molecule has 0 amide bonds. The highest BCUT2D eigenvalue weighted by Crippen LogP contribution is 2.48. The molecular formula is C19H36. The second-order valence-corrected chi connectivity index (χ2v) is 8.04. The minimum atomic E-state index is 0.623. The highest BCUT2D eigenvalue weighted by Gasteiger charge is 2.37. The van der Waals surface area contributed by atoms with Gasteiger partial charge in [0.1, 0.15) is 0 Å². The Morgan fingerprint density at radius 3 is 1.89 bits per heavy atom. The lowest BCUT2D eigenvalue weighted by Gasteiger charge is -2.44. The number of hydrogen-bond donors (Lipinski definition) is 0. The smallest absolute Gasteiger partial charge is 0.0274 e. The summed E-state index contributed by atoms with van der Waals surface area (Å²) in [6.07, 6.45) is 18.1. The van der Waals surface area contributed by atoms with Gasteiger partial charge >= 0.3 is 0 Å². The molecule has 2 rings (SSSR count). The highest BCUT2D eigenvalue weighted by atomic mass is 14.4. The fourth-order valence-electron chi connectivity index (χ4n) is 4.72. The largest absolute Gasteiger partial charge is 0.0622 e. The van der Waals surface area contributed by atoms with Gasteiger partial charge in [-0.2, -0.15) is 0 Å². The zero-order valence-electron chi connectivity index (χ0n) is 13.7. The van der Waals surface area contributed by atoms with E-state index < -0.39 is 0 Å². The quantitative estimate of drug-likeness (QED) is 0.525. The molecule has 2 saturated carbocycles. The number of rotatable bonds is 5. The van der Waals surface area contributed by atoms with Gasteiger partial charge in [0.25, 0.3) is 0 Å². The molecule has 0 aromatic rings. The molecule has 0 heteroatoms. The van der Waals surface area contributed by atoms with Crippen LogP contribution in [0.2, 0.25) is 0 Å². The van der Waals surface area contributed by atoms with Crippen molar-refractivity contribution < 1.29 is 0 Å². The van der Waals surface area contributed by atoms with Crippen LogP contribution in [-0.2, 0) is 0 Å². The van der Waals surface area contributed by atoms with Gasteiger partial charge in [0, 0.05) is 0 Å². The lowest BCUT2D eigenvalue weighted by atomic mass is 9.61. The van der Waals surface area contributed by atoms with Crippen LogP contribution in [0.5, 0.6) is 0 Å². The van der Waals surface area contributed by atoms with E-state index in [0.29, 0.717) is 5.41 Å². The van der Waals surface area contributed by atoms with E-state index in [4.69, 9.17) is 0 Å². The van der Waals surface area contributed by atoms with E-state index in [1.165, 1.54) is 77.0 Å². The summed E-state index contributed by atoms with van der Waals surface area (Å²) in [5, 5.41) is 0. The Morgan fingerprint density at radius 1 is 0.842 bits per heavy atom. The summed E-state index contributed by atoms with van der Waals surface area (Å²) in [6, 6.07) is 0. The molecule has 0 bridgehead atoms. The first-order chi connectivity index (χ1) is 9.13. The van der Waals surface area contributed by atoms with E-state index in [1.54, 1.807) is 0 Å². The van der Waals surface area contributed by atoms with Crippen LogP contribution in [0.25, 0.3) is 0 Å². The number of hydrogen-bond acceptors (Lipinski definition) is 0. The zero-order valence-corrected chi connectivity index (χ0v) is 13.7. The fraction of sp³-hybridized carbons (Fsp3) is 1.00. The molecule has 2 fully saturated rings. The zero-order chi connectivity index (χ0) is 13.7. The van der Waals surface area contributed by atoms with E-state index >= 15 is 0 Å². The maximum absolute atomic E-state index is 2.62. The van der Waals surface area contributed by atoms with Crippen molar-refractivity contribution in [1.82, 2.24) is 0 Å². The third kappa shape index (κ3) is 3.99. The molecule has 0 aliphatic heterocycles. The predicted octanol–water partition coefficient (Wildman–Crippen LogP) is 6.59. The van der Waals surface area contributed by atoms with Crippen LogP contribution in [-0.4, -0.2) is 0 Å². The van der Waals surface area contributed by atoms with Gasteiger partial charge in [-0.05, 0) is 48.9 Å². The average Bonchev–Trinajstić information content (AvgIpc) is 2.46. The molecule has 0 spiro atoms. The minimum Gasteiger partial charge on any atom is -0.0622 e. The van der Waals surface area contributed by atoms with Gasteiger partial charge < -0.3 is 0 Å². The Hall–Kier alpha value is 0. The molecule has 0 heterocycles. The van der Waals surface area contributed by atoms with Crippen molar-refractivity contribution in [3.05, 3.63) is 0 Å². The SMILES string of the molecule is CC(C)C(C)(CCC1CCCCC1)C1CCCCC1. The maximum Gasteiger partial charge on any atom is -0.0274 e. The van der Waals surface area contributed by atoms with Gasteiger partial charge in [-0.25, -0.2) is 0 Å². The van der Waals surface area contributed by atoms with Crippen LogP contribution in [0.3, 0.4) is 0 Å². The molecule has 2 aliphatic carbocycles. The Kier molecular flexibility index (Phi) is 5.78. The summed E-state index contributed by atoms with van der Waals surface area (Å²) in [7, 11) is 0. The van der Waals surface area contributed by atoms with Crippen molar-refractivity contribution in [2.24, 2.45) is 23.2 Å². The highest BCUT2D eigenvalue weighted by molar-refractivity contribution is 4.87. The van der Waals surface area contributed by atoms with Gasteiger partial charge in [-0.15, -0.1) is 0 Å². The van der Waals surface area contributed by atoms with E-state index in [2.05, 4.69) is 20.8 Å². The average molecular weight is 264 g/mol. The van der Waals surface area contributed by atoms with E-state index in [9.17, 15) is 0 Å². The van der Waals surface area contributed by atoms with Gasteiger partial charge in [0.15, 0.2) is 0 Å².